The highest BCUT2D eigenvalue weighted by Gasteiger charge is 2.16. The van der Waals surface area contributed by atoms with E-state index in [1.54, 1.807) is 19.5 Å². The van der Waals surface area contributed by atoms with Gasteiger partial charge in [-0.1, -0.05) is 19.3 Å². The minimum atomic E-state index is -0.554. The average Bonchev–Trinajstić information content (AvgIpc) is 3.09. The SMILES string of the molecule is COc1ccc2[nH]c3cncc(OCC(O)CNC4CCCCC4)c3c2c1. The fourth-order valence-electron chi connectivity index (χ4n) is 3.89. The van der Waals surface area contributed by atoms with Crippen LogP contribution in [-0.4, -0.2) is 47.5 Å². The van der Waals surface area contributed by atoms with Crippen molar-refractivity contribution in [3.8, 4) is 11.5 Å². The summed E-state index contributed by atoms with van der Waals surface area (Å²) < 4.78 is 11.3. The second-order valence-corrected chi connectivity index (χ2v) is 7.30. The van der Waals surface area contributed by atoms with Gasteiger partial charge in [-0.25, -0.2) is 0 Å². The normalized spacial score (nSPS) is 16.7. The molecule has 0 amide bonds. The van der Waals surface area contributed by atoms with E-state index in [1.165, 1.54) is 32.1 Å². The van der Waals surface area contributed by atoms with Gasteiger partial charge in [-0.05, 0) is 31.0 Å². The second-order valence-electron chi connectivity index (χ2n) is 7.30. The maximum absolute atomic E-state index is 10.3. The maximum atomic E-state index is 10.3. The van der Waals surface area contributed by atoms with Gasteiger partial charge < -0.3 is 24.9 Å². The summed E-state index contributed by atoms with van der Waals surface area (Å²) in [6.07, 6.45) is 9.23. The van der Waals surface area contributed by atoms with Gasteiger partial charge in [0.15, 0.2) is 0 Å². The Hall–Kier alpha value is -2.31. The highest BCUT2D eigenvalue weighted by atomic mass is 16.5. The van der Waals surface area contributed by atoms with Crippen LogP contribution in [-0.2, 0) is 0 Å². The van der Waals surface area contributed by atoms with Crippen molar-refractivity contribution in [1.82, 2.24) is 15.3 Å². The van der Waals surface area contributed by atoms with E-state index in [0.29, 0.717) is 18.3 Å². The number of benzene rings is 1. The molecule has 0 radical (unpaired) electrons. The summed E-state index contributed by atoms with van der Waals surface area (Å²) in [4.78, 5) is 7.62. The molecule has 1 atom stereocenters. The summed E-state index contributed by atoms with van der Waals surface area (Å²) in [7, 11) is 1.66. The van der Waals surface area contributed by atoms with Crippen LogP contribution in [0.4, 0.5) is 0 Å². The Morgan fingerprint density at radius 3 is 2.89 bits per heavy atom. The number of pyridine rings is 1. The Bertz CT molecular complexity index is 902. The Kier molecular flexibility index (Phi) is 5.45. The van der Waals surface area contributed by atoms with Crippen molar-refractivity contribution in [2.75, 3.05) is 20.3 Å². The van der Waals surface area contributed by atoms with E-state index in [9.17, 15) is 5.11 Å². The Morgan fingerprint density at radius 1 is 1.22 bits per heavy atom. The first-order chi connectivity index (χ1) is 13.2. The Balaban J connectivity index is 1.46. The molecule has 1 aromatic carbocycles. The number of fused-ring (bicyclic) bond motifs is 3. The number of aliphatic hydroxyl groups excluding tert-OH is 1. The molecule has 1 saturated carbocycles. The summed E-state index contributed by atoms with van der Waals surface area (Å²) in [5.41, 5.74) is 1.91. The predicted molar refractivity (Wildman–Crippen MR) is 107 cm³/mol. The average molecular weight is 369 g/mol. The zero-order valence-corrected chi connectivity index (χ0v) is 15.7. The van der Waals surface area contributed by atoms with Gasteiger partial charge in [0, 0.05) is 23.5 Å². The van der Waals surface area contributed by atoms with Gasteiger partial charge in [-0.2, -0.15) is 0 Å². The Morgan fingerprint density at radius 2 is 2.07 bits per heavy atom. The molecule has 2 heterocycles. The molecule has 27 heavy (non-hydrogen) atoms. The van der Waals surface area contributed by atoms with Gasteiger partial charge in [0.2, 0.25) is 0 Å². The molecule has 6 nitrogen and oxygen atoms in total. The number of hydrogen-bond donors (Lipinski definition) is 3. The number of nitrogens with one attached hydrogen (secondary N) is 2. The van der Waals surface area contributed by atoms with Crippen molar-refractivity contribution < 1.29 is 14.6 Å². The minimum Gasteiger partial charge on any atom is -0.497 e. The lowest BCUT2D eigenvalue weighted by Crippen LogP contribution is -2.38. The summed E-state index contributed by atoms with van der Waals surface area (Å²) in [5, 5.41) is 15.8. The van der Waals surface area contributed by atoms with Crippen LogP contribution in [0.25, 0.3) is 21.8 Å². The van der Waals surface area contributed by atoms with E-state index in [4.69, 9.17) is 9.47 Å². The number of aromatic amines is 1. The summed E-state index contributed by atoms with van der Waals surface area (Å²) in [5.74, 6) is 1.46. The molecule has 3 aromatic rings. The lowest BCUT2D eigenvalue weighted by molar-refractivity contribution is 0.102. The molecule has 4 rings (SSSR count). The van der Waals surface area contributed by atoms with Crippen molar-refractivity contribution in [2.24, 2.45) is 0 Å². The van der Waals surface area contributed by atoms with Gasteiger partial charge >= 0.3 is 0 Å². The van der Waals surface area contributed by atoms with E-state index in [-0.39, 0.29) is 6.61 Å². The Labute approximate surface area is 158 Å². The van der Waals surface area contributed by atoms with Crippen molar-refractivity contribution in [3.05, 3.63) is 30.6 Å². The van der Waals surface area contributed by atoms with Crippen LogP contribution in [0.5, 0.6) is 11.5 Å². The molecule has 1 aliphatic carbocycles. The van der Waals surface area contributed by atoms with E-state index in [2.05, 4.69) is 15.3 Å². The number of hydrogen-bond acceptors (Lipinski definition) is 5. The lowest BCUT2D eigenvalue weighted by atomic mass is 9.95. The third-order valence-electron chi connectivity index (χ3n) is 5.36. The third kappa shape index (κ3) is 4.01. The monoisotopic (exact) mass is 369 g/mol. The van der Waals surface area contributed by atoms with Crippen LogP contribution in [0, 0.1) is 0 Å². The number of methoxy groups -OCH3 is 1. The summed E-state index contributed by atoms with van der Waals surface area (Å²) >= 11 is 0. The number of H-pyrrole nitrogens is 1. The van der Waals surface area contributed by atoms with E-state index in [0.717, 1.165) is 27.6 Å². The van der Waals surface area contributed by atoms with Gasteiger partial charge in [-0.15, -0.1) is 0 Å². The predicted octanol–water partition coefficient (Wildman–Crippen LogP) is 3.39. The first-order valence-corrected chi connectivity index (χ1v) is 9.72. The van der Waals surface area contributed by atoms with Crippen LogP contribution >= 0.6 is 0 Å². The standard InChI is InChI=1S/C21H27N3O3/c1-26-16-7-8-18-17(9-16)21-19(24-18)11-22-12-20(21)27-13-15(25)10-23-14-5-3-2-4-6-14/h7-9,11-12,14-15,23-25H,2-6,10,13H2,1H3. The zero-order valence-electron chi connectivity index (χ0n) is 15.7. The van der Waals surface area contributed by atoms with E-state index in [1.807, 2.05) is 18.2 Å². The van der Waals surface area contributed by atoms with Gasteiger partial charge in [0.25, 0.3) is 0 Å². The fraction of sp³-hybridized carbons (Fsp3) is 0.476. The van der Waals surface area contributed by atoms with Gasteiger partial charge in [0.1, 0.15) is 24.2 Å². The van der Waals surface area contributed by atoms with Gasteiger partial charge in [-0.3, -0.25) is 4.98 Å². The highest BCUT2D eigenvalue weighted by Crippen LogP contribution is 2.34. The van der Waals surface area contributed by atoms with Crippen LogP contribution in [0.3, 0.4) is 0 Å². The van der Waals surface area contributed by atoms with Crippen LogP contribution in [0.2, 0.25) is 0 Å². The maximum Gasteiger partial charge on any atom is 0.147 e. The molecule has 2 aromatic heterocycles. The molecule has 3 N–H and O–H groups in total. The van der Waals surface area contributed by atoms with Gasteiger partial charge in [0.05, 0.1) is 30.4 Å². The highest BCUT2D eigenvalue weighted by molar-refractivity contribution is 6.10. The summed E-state index contributed by atoms with van der Waals surface area (Å²) in [6, 6.07) is 6.43. The molecule has 0 spiro atoms. The molecule has 1 unspecified atom stereocenters. The molecule has 0 saturated heterocycles. The fourth-order valence-corrected chi connectivity index (χ4v) is 3.89. The summed E-state index contributed by atoms with van der Waals surface area (Å²) in [6.45, 7) is 0.785. The van der Waals surface area contributed by atoms with Crippen molar-refractivity contribution >= 4 is 21.8 Å². The van der Waals surface area contributed by atoms with E-state index < -0.39 is 6.10 Å². The first kappa shape index (κ1) is 18.1. The zero-order chi connectivity index (χ0) is 18.6. The topological polar surface area (TPSA) is 79.4 Å². The molecule has 1 aliphatic rings. The quantitative estimate of drug-likeness (QED) is 0.595. The second kappa shape index (κ2) is 8.15. The smallest absolute Gasteiger partial charge is 0.147 e. The van der Waals surface area contributed by atoms with E-state index >= 15 is 0 Å². The van der Waals surface area contributed by atoms with Crippen molar-refractivity contribution in [2.45, 2.75) is 44.2 Å². The first-order valence-electron chi connectivity index (χ1n) is 9.72. The minimum absolute atomic E-state index is 0.233. The number of aliphatic hydroxyl groups is 1. The van der Waals surface area contributed by atoms with Crippen molar-refractivity contribution in [1.29, 1.82) is 0 Å². The molecule has 1 fully saturated rings. The van der Waals surface area contributed by atoms with Crippen LogP contribution < -0.4 is 14.8 Å². The van der Waals surface area contributed by atoms with Crippen molar-refractivity contribution in [3.63, 3.8) is 0 Å². The third-order valence-corrected chi connectivity index (χ3v) is 5.36. The number of aromatic nitrogens is 2. The molecule has 0 bridgehead atoms. The van der Waals surface area contributed by atoms with Crippen LogP contribution in [0.15, 0.2) is 30.6 Å². The number of rotatable bonds is 7. The molecule has 0 aliphatic heterocycles. The molecule has 144 valence electrons. The molecular formula is C21H27N3O3. The van der Waals surface area contributed by atoms with Crippen LogP contribution in [0.1, 0.15) is 32.1 Å². The lowest BCUT2D eigenvalue weighted by Gasteiger charge is -2.24. The molecular weight excluding hydrogens is 342 g/mol. The number of ether oxygens (including phenoxy) is 2. The largest absolute Gasteiger partial charge is 0.497 e. The number of nitrogens with zero attached hydrogens (tertiary/aromatic N) is 1. The molecule has 6 heteroatoms.